The fraction of sp³-hybridized carbons (Fsp3) is 0.435. The first-order valence-electron chi connectivity index (χ1n) is 9.48. The van der Waals surface area contributed by atoms with Gasteiger partial charge in [0.25, 0.3) is 0 Å². The molecule has 0 spiro atoms. The lowest BCUT2D eigenvalue weighted by Crippen LogP contribution is -2.39. The van der Waals surface area contributed by atoms with E-state index in [0.29, 0.717) is 18.0 Å². The summed E-state index contributed by atoms with van der Waals surface area (Å²) in [6.45, 7) is 10.7. The van der Waals surface area contributed by atoms with Crippen LogP contribution in [0.2, 0.25) is 0 Å². The molecule has 28 heavy (non-hydrogen) atoms. The number of ether oxygens (including phenoxy) is 2. The molecule has 1 amide bonds. The van der Waals surface area contributed by atoms with E-state index in [9.17, 15) is 4.79 Å². The minimum atomic E-state index is -0.285. The standard InChI is InChI=1S/C23H32N2O3/c1-14-9-16(3)22(17(4)10-14)24-23(26)18(5)25(6)13-19-12-21(28-8)20(27-7)11-15(19)2/h9-12,18H,13H2,1-8H3,(H,24,26)/t18-/m1/s1. The molecule has 5 nitrogen and oxygen atoms in total. The molecule has 2 aromatic carbocycles. The lowest BCUT2D eigenvalue weighted by atomic mass is 10.0. The van der Waals surface area contributed by atoms with E-state index >= 15 is 0 Å². The normalized spacial score (nSPS) is 12.0. The molecule has 1 N–H and O–H groups in total. The van der Waals surface area contributed by atoms with Crippen LogP contribution in [0.15, 0.2) is 24.3 Å². The number of carbonyl (C=O) groups is 1. The average molecular weight is 385 g/mol. The Morgan fingerprint density at radius 1 is 0.964 bits per heavy atom. The van der Waals surface area contributed by atoms with Crippen molar-refractivity contribution in [1.29, 1.82) is 0 Å². The van der Waals surface area contributed by atoms with Gasteiger partial charge in [-0.2, -0.15) is 0 Å². The number of hydrogen-bond donors (Lipinski definition) is 1. The molecule has 0 aromatic heterocycles. The summed E-state index contributed by atoms with van der Waals surface area (Å²) >= 11 is 0. The highest BCUT2D eigenvalue weighted by atomic mass is 16.5. The number of rotatable bonds is 7. The van der Waals surface area contributed by atoms with Crippen molar-refractivity contribution < 1.29 is 14.3 Å². The van der Waals surface area contributed by atoms with E-state index in [1.165, 1.54) is 5.56 Å². The molecule has 0 saturated carbocycles. The Bertz CT molecular complexity index is 838. The first-order chi connectivity index (χ1) is 13.2. The van der Waals surface area contributed by atoms with Crippen molar-refractivity contribution in [3.63, 3.8) is 0 Å². The SMILES string of the molecule is COc1cc(C)c(CN(C)[C@H](C)C(=O)Nc2c(C)cc(C)cc2C)cc1OC. The van der Waals surface area contributed by atoms with Crippen LogP contribution in [0.25, 0.3) is 0 Å². The van der Waals surface area contributed by atoms with Gasteiger partial charge < -0.3 is 14.8 Å². The number of nitrogens with one attached hydrogen (secondary N) is 1. The van der Waals surface area contributed by atoms with Gasteiger partial charge in [0.2, 0.25) is 5.91 Å². The predicted molar refractivity (Wildman–Crippen MR) is 114 cm³/mol. The number of aryl methyl sites for hydroxylation is 4. The molecule has 0 heterocycles. The Labute approximate surface area is 168 Å². The van der Waals surface area contributed by atoms with Gasteiger partial charge in [0, 0.05) is 12.2 Å². The highest BCUT2D eigenvalue weighted by Crippen LogP contribution is 2.31. The van der Waals surface area contributed by atoms with E-state index in [1.807, 2.05) is 51.8 Å². The molecule has 1 atom stereocenters. The minimum Gasteiger partial charge on any atom is -0.493 e. The molecule has 2 aromatic rings. The summed E-state index contributed by atoms with van der Waals surface area (Å²) < 4.78 is 10.8. The van der Waals surface area contributed by atoms with Crippen molar-refractivity contribution in [2.75, 3.05) is 26.6 Å². The number of carbonyl (C=O) groups excluding carboxylic acids is 1. The van der Waals surface area contributed by atoms with Crippen LogP contribution in [0, 0.1) is 27.7 Å². The van der Waals surface area contributed by atoms with Crippen molar-refractivity contribution in [3.8, 4) is 11.5 Å². The molecule has 2 rings (SSSR count). The maximum absolute atomic E-state index is 12.8. The molecule has 0 aliphatic heterocycles. The molecule has 152 valence electrons. The third-order valence-electron chi connectivity index (χ3n) is 5.23. The van der Waals surface area contributed by atoms with Gasteiger partial charge in [-0.05, 0) is 76.1 Å². The van der Waals surface area contributed by atoms with Crippen LogP contribution in [0.5, 0.6) is 11.5 Å². The molecule has 0 bridgehead atoms. The average Bonchev–Trinajstić information content (AvgIpc) is 2.64. The van der Waals surface area contributed by atoms with Gasteiger partial charge in [-0.25, -0.2) is 0 Å². The summed E-state index contributed by atoms with van der Waals surface area (Å²) in [4.78, 5) is 14.9. The minimum absolute atomic E-state index is 0.0179. The number of methoxy groups -OCH3 is 2. The second-order valence-corrected chi connectivity index (χ2v) is 7.49. The number of benzene rings is 2. The molecule has 0 unspecified atom stereocenters. The number of amides is 1. The topological polar surface area (TPSA) is 50.8 Å². The van der Waals surface area contributed by atoms with Crippen molar-refractivity contribution in [2.24, 2.45) is 0 Å². The third kappa shape index (κ3) is 4.84. The van der Waals surface area contributed by atoms with E-state index in [-0.39, 0.29) is 11.9 Å². The third-order valence-corrected chi connectivity index (χ3v) is 5.23. The molecule has 0 aliphatic rings. The second-order valence-electron chi connectivity index (χ2n) is 7.49. The molecule has 0 saturated heterocycles. The van der Waals surface area contributed by atoms with Gasteiger partial charge in [-0.15, -0.1) is 0 Å². The lowest BCUT2D eigenvalue weighted by Gasteiger charge is -2.26. The van der Waals surface area contributed by atoms with E-state index in [0.717, 1.165) is 27.9 Å². The van der Waals surface area contributed by atoms with Crippen molar-refractivity contribution in [1.82, 2.24) is 4.90 Å². The Hall–Kier alpha value is -2.53. The van der Waals surface area contributed by atoms with Gasteiger partial charge in [-0.3, -0.25) is 9.69 Å². The van der Waals surface area contributed by atoms with Crippen LogP contribution in [0.3, 0.4) is 0 Å². The zero-order chi connectivity index (χ0) is 21.0. The van der Waals surface area contributed by atoms with Gasteiger partial charge in [0.1, 0.15) is 0 Å². The molecule has 0 radical (unpaired) electrons. The van der Waals surface area contributed by atoms with Crippen LogP contribution < -0.4 is 14.8 Å². The van der Waals surface area contributed by atoms with Crippen molar-refractivity contribution in [3.05, 3.63) is 52.1 Å². The summed E-state index contributed by atoms with van der Waals surface area (Å²) in [6, 6.07) is 7.83. The van der Waals surface area contributed by atoms with E-state index < -0.39 is 0 Å². The number of nitrogens with zero attached hydrogens (tertiary/aromatic N) is 1. The summed E-state index contributed by atoms with van der Waals surface area (Å²) in [5.74, 6) is 1.39. The van der Waals surface area contributed by atoms with E-state index in [1.54, 1.807) is 14.2 Å². The first-order valence-corrected chi connectivity index (χ1v) is 9.48. The summed E-state index contributed by atoms with van der Waals surface area (Å²) in [6.07, 6.45) is 0. The van der Waals surface area contributed by atoms with Crippen LogP contribution in [0.1, 0.15) is 34.7 Å². The Balaban J connectivity index is 2.14. The Kier molecular flexibility index (Phi) is 7.08. The molecule has 0 fully saturated rings. The van der Waals surface area contributed by atoms with Crippen molar-refractivity contribution >= 4 is 11.6 Å². The molecular weight excluding hydrogens is 352 g/mol. The highest BCUT2D eigenvalue weighted by Gasteiger charge is 2.21. The fourth-order valence-electron chi connectivity index (χ4n) is 3.40. The lowest BCUT2D eigenvalue weighted by molar-refractivity contribution is -0.120. The molecular formula is C23H32N2O3. The maximum atomic E-state index is 12.8. The Morgan fingerprint density at radius 3 is 2.04 bits per heavy atom. The zero-order valence-electron chi connectivity index (χ0n) is 18.3. The monoisotopic (exact) mass is 384 g/mol. The number of likely N-dealkylation sites (N-methyl/N-ethyl adjacent to an activating group) is 1. The van der Waals surface area contributed by atoms with Crippen LogP contribution in [-0.2, 0) is 11.3 Å². The van der Waals surface area contributed by atoms with Gasteiger partial charge >= 0.3 is 0 Å². The highest BCUT2D eigenvalue weighted by molar-refractivity contribution is 5.95. The molecule has 5 heteroatoms. The predicted octanol–water partition coefficient (Wildman–Crippen LogP) is 4.40. The van der Waals surface area contributed by atoms with E-state index in [4.69, 9.17) is 9.47 Å². The van der Waals surface area contributed by atoms with Crippen LogP contribution in [-0.4, -0.2) is 38.1 Å². The summed E-state index contributed by atoms with van der Waals surface area (Å²) in [5, 5.41) is 3.10. The summed E-state index contributed by atoms with van der Waals surface area (Å²) in [5.41, 5.74) is 6.46. The van der Waals surface area contributed by atoms with Gasteiger partial charge in [0.15, 0.2) is 11.5 Å². The van der Waals surface area contributed by atoms with E-state index in [2.05, 4.69) is 24.4 Å². The number of anilines is 1. The quantitative estimate of drug-likeness (QED) is 0.769. The Morgan fingerprint density at radius 2 is 1.50 bits per heavy atom. The fourth-order valence-corrected chi connectivity index (χ4v) is 3.40. The maximum Gasteiger partial charge on any atom is 0.241 e. The smallest absolute Gasteiger partial charge is 0.241 e. The van der Waals surface area contributed by atoms with Crippen LogP contribution >= 0.6 is 0 Å². The zero-order valence-corrected chi connectivity index (χ0v) is 18.3. The summed E-state index contributed by atoms with van der Waals surface area (Å²) in [7, 11) is 5.21. The number of hydrogen-bond acceptors (Lipinski definition) is 4. The van der Waals surface area contributed by atoms with Crippen LogP contribution in [0.4, 0.5) is 5.69 Å². The van der Waals surface area contributed by atoms with Crippen molar-refractivity contribution in [2.45, 2.75) is 47.2 Å². The molecule has 0 aliphatic carbocycles. The van der Waals surface area contributed by atoms with Gasteiger partial charge in [0.05, 0.1) is 20.3 Å². The second kappa shape index (κ2) is 9.11. The largest absolute Gasteiger partial charge is 0.493 e. The first kappa shape index (κ1) is 21.8. The van der Waals surface area contributed by atoms with Gasteiger partial charge in [-0.1, -0.05) is 17.7 Å².